The molecule has 0 saturated heterocycles. The van der Waals surface area contributed by atoms with Gasteiger partial charge in [0.1, 0.15) is 0 Å². The summed E-state index contributed by atoms with van der Waals surface area (Å²) < 4.78 is 5.32. The molecular formula is C47H28N2S2. The second kappa shape index (κ2) is 11.2. The molecule has 51 heavy (non-hydrogen) atoms. The van der Waals surface area contributed by atoms with Gasteiger partial charge in [-0.1, -0.05) is 78.9 Å². The molecule has 0 bridgehead atoms. The summed E-state index contributed by atoms with van der Waals surface area (Å²) in [5, 5.41) is 11.4. The van der Waals surface area contributed by atoms with E-state index in [1.165, 1.54) is 67.5 Å². The first-order chi connectivity index (χ1) is 25.2. The van der Waals surface area contributed by atoms with Crippen LogP contribution in [-0.2, 0) is 0 Å². The van der Waals surface area contributed by atoms with Crippen molar-refractivity contribution < 1.29 is 0 Å². The smallest absolute Gasteiger partial charge is 0.0708 e. The van der Waals surface area contributed by atoms with Crippen LogP contribution >= 0.6 is 22.7 Å². The van der Waals surface area contributed by atoms with Crippen LogP contribution in [0.4, 0.5) is 17.1 Å². The standard InChI is InChI=1S/C47H28N2S2/c1-3-9-44-39(7-1)41-24-34-22-37(19-15-32(34)27-46(41)50-44)49(36-17-13-29(14-18-36)31-12-11-30-6-5-21-48-43(30)26-31)38-20-16-33-28-47-42(25-35(33)23-38)40-8-2-4-10-45(40)51-47/h1-28H. The molecule has 3 aromatic heterocycles. The number of pyridine rings is 1. The van der Waals surface area contributed by atoms with Gasteiger partial charge in [0.15, 0.2) is 0 Å². The SMILES string of the molecule is c1cnc2cc(-c3ccc(N(c4ccc5cc6sc7ccccc7c6cc5c4)c4ccc5cc6sc7ccccc7c6cc5c4)cc3)ccc2c1. The molecule has 0 unspecified atom stereocenters. The molecule has 0 radical (unpaired) electrons. The summed E-state index contributed by atoms with van der Waals surface area (Å²) in [7, 11) is 0. The van der Waals surface area contributed by atoms with Crippen LogP contribution in [-0.4, -0.2) is 4.98 Å². The highest BCUT2D eigenvalue weighted by molar-refractivity contribution is 7.26. The minimum absolute atomic E-state index is 1.01. The van der Waals surface area contributed by atoms with E-state index in [4.69, 9.17) is 0 Å². The number of thiophene rings is 2. The maximum atomic E-state index is 4.60. The van der Waals surface area contributed by atoms with Gasteiger partial charge in [0.05, 0.1) is 5.52 Å². The van der Waals surface area contributed by atoms with Crippen LogP contribution in [0, 0.1) is 0 Å². The van der Waals surface area contributed by atoms with Gasteiger partial charge in [0.2, 0.25) is 0 Å². The van der Waals surface area contributed by atoms with Crippen molar-refractivity contribution in [3.63, 3.8) is 0 Å². The lowest BCUT2D eigenvalue weighted by Gasteiger charge is -2.26. The zero-order chi connectivity index (χ0) is 33.5. The summed E-state index contributed by atoms with van der Waals surface area (Å²) in [5.41, 5.74) is 6.71. The molecule has 238 valence electrons. The van der Waals surface area contributed by atoms with Gasteiger partial charge in [-0.25, -0.2) is 0 Å². The highest BCUT2D eigenvalue weighted by atomic mass is 32.1. The number of hydrogen-bond acceptors (Lipinski definition) is 4. The number of rotatable bonds is 4. The summed E-state index contributed by atoms with van der Waals surface area (Å²) in [6.07, 6.45) is 1.86. The Balaban J connectivity index is 1.08. The fourth-order valence-electron chi connectivity index (χ4n) is 7.69. The van der Waals surface area contributed by atoms with E-state index in [-0.39, 0.29) is 0 Å². The quantitative estimate of drug-likeness (QED) is 0.183. The van der Waals surface area contributed by atoms with E-state index in [0.29, 0.717) is 0 Å². The Bertz CT molecular complexity index is 3000. The molecule has 0 amide bonds. The van der Waals surface area contributed by atoms with Crippen molar-refractivity contribution in [1.29, 1.82) is 0 Å². The lowest BCUT2D eigenvalue weighted by atomic mass is 10.0. The van der Waals surface area contributed by atoms with E-state index >= 15 is 0 Å². The molecule has 4 heteroatoms. The molecule has 0 saturated carbocycles. The fourth-order valence-corrected chi connectivity index (χ4v) is 9.96. The van der Waals surface area contributed by atoms with Crippen molar-refractivity contribution in [2.75, 3.05) is 4.90 Å². The van der Waals surface area contributed by atoms with E-state index in [9.17, 15) is 0 Å². The van der Waals surface area contributed by atoms with E-state index in [1.807, 2.05) is 34.9 Å². The minimum Gasteiger partial charge on any atom is -0.310 e. The van der Waals surface area contributed by atoms with Gasteiger partial charge in [0.25, 0.3) is 0 Å². The normalized spacial score (nSPS) is 11.9. The maximum Gasteiger partial charge on any atom is 0.0708 e. The number of aromatic nitrogens is 1. The number of anilines is 3. The molecule has 0 aliphatic carbocycles. The molecule has 3 heterocycles. The van der Waals surface area contributed by atoms with Crippen molar-refractivity contribution in [3.8, 4) is 11.1 Å². The summed E-state index contributed by atoms with van der Waals surface area (Å²) >= 11 is 3.74. The van der Waals surface area contributed by atoms with Crippen molar-refractivity contribution in [2.24, 2.45) is 0 Å². The van der Waals surface area contributed by atoms with Crippen molar-refractivity contribution in [2.45, 2.75) is 0 Å². The first-order valence-electron chi connectivity index (χ1n) is 17.2. The summed E-state index contributed by atoms with van der Waals surface area (Å²) in [4.78, 5) is 7.00. The fraction of sp³-hybridized carbons (Fsp3) is 0. The number of nitrogens with zero attached hydrogens (tertiary/aromatic N) is 2. The molecule has 11 aromatic rings. The Morgan fingerprint density at radius 3 is 1.53 bits per heavy atom. The summed E-state index contributed by atoms with van der Waals surface area (Å²) in [5.74, 6) is 0. The molecule has 0 spiro atoms. The van der Waals surface area contributed by atoms with Gasteiger partial charge in [-0.15, -0.1) is 22.7 Å². The molecular weight excluding hydrogens is 657 g/mol. The predicted molar refractivity (Wildman–Crippen MR) is 223 cm³/mol. The third-order valence-corrected chi connectivity index (χ3v) is 12.5. The molecule has 0 N–H and O–H groups in total. The molecule has 11 rings (SSSR count). The largest absolute Gasteiger partial charge is 0.310 e. The van der Waals surface area contributed by atoms with Crippen molar-refractivity contribution in [3.05, 3.63) is 170 Å². The Hall–Kier alpha value is -6.07. The third-order valence-electron chi connectivity index (χ3n) is 10.2. The lowest BCUT2D eigenvalue weighted by molar-refractivity contribution is 1.29. The number of fused-ring (bicyclic) bond motifs is 9. The Morgan fingerprint density at radius 2 is 0.902 bits per heavy atom. The molecule has 8 aromatic carbocycles. The highest BCUT2D eigenvalue weighted by Gasteiger charge is 2.16. The molecule has 2 nitrogen and oxygen atoms in total. The molecule has 0 aliphatic heterocycles. The molecule has 0 aliphatic rings. The van der Waals surface area contributed by atoms with Crippen LogP contribution in [0.1, 0.15) is 0 Å². The highest BCUT2D eigenvalue weighted by Crippen LogP contribution is 2.42. The average molecular weight is 685 g/mol. The monoisotopic (exact) mass is 684 g/mol. The van der Waals surface area contributed by atoms with Gasteiger partial charge in [-0.2, -0.15) is 0 Å². The van der Waals surface area contributed by atoms with Crippen molar-refractivity contribution in [1.82, 2.24) is 4.98 Å². The first kappa shape index (κ1) is 28.7. The van der Waals surface area contributed by atoms with Gasteiger partial charge >= 0.3 is 0 Å². The topological polar surface area (TPSA) is 16.1 Å². The van der Waals surface area contributed by atoms with Gasteiger partial charge in [-0.3, -0.25) is 4.98 Å². The number of hydrogen-bond donors (Lipinski definition) is 0. The second-order valence-electron chi connectivity index (χ2n) is 13.2. The molecule has 0 fully saturated rings. The minimum atomic E-state index is 1.01. The van der Waals surface area contributed by atoms with Gasteiger partial charge < -0.3 is 4.90 Å². The van der Waals surface area contributed by atoms with E-state index < -0.39 is 0 Å². The third kappa shape index (κ3) is 4.72. The van der Waals surface area contributed by atoms with E-state index in [2.05, 4.69) is 168 Å². The van der Waals surface area contributed by atoms with E-state index in [0.717, 1.165) is 33.5 Å². The first-order valence-corrected chi connectivity index (χ1v) is 18.8. The van der Waals surface area contributed by atoms with Crippen LogP contribution < -0.4 is 4.90 Å². The number of benzene rings is 8. The Kier molecular flexibility index (Phi) is 6.32. The van der Waals surface area contributed by atoms with Crippen LogP contribution in [0.2, 0.25) is 0 Å². The average Bonchev–Trinajstić information content (AvgIpc) is 3.73. The lowest BCUT2D eigenvalue weighted by Crippen LogP contribution is -2.09. The zero-order valence-corrected chi connectivity index (χ0v) is 29.0. The predicted octanol–water partition coefficient (Wildman–Crippen LogP) is 14.4. The summed E-state index contributed by atoms with van der Waals surface area (Å²) in [6.45, 7) is 0. The van der Waals surface area contributed by atoms with Crippen LogP contribution in [0.5, 0.6) is 0 Å². The maximum absolute atomic E-state index is 4.60. The Morgan fingerprint density at radius 1 is 0.353 bits per heavy atom. The Labute approximate surface area is 302 Å². The molecule has 0 atom stereocenters. The van der Waals surface area contributed by atoms with Crippen LogP contribution in [0.3, 0.4) is 0 Å². The zero-order valence-electron chi connectivity index (χ0n) is 27.4. The second-order valence-corrected chi connectivity index (χ2v) is 15.4. The summed E-state index contributed by atoms with van der Waals surface area (Å²) in [6, 6.07) is 60.3. The van der Waals surface area contributed by atoms with Gasteiger partial charge in [-0.05, 0) is 118 Å². The van der Waals surface area contributed by atoms with Gasteiger partial charge in [0, 0.05) is 69.0 Å². The van der Waals surface area contributed by atoms with Crippen LogP contribution in [0.25, 0.3) is 83.9 Å². The van der Waals surface area contributed by atoms with Crippen molar-refractivity contribution >= 4 is 113 Å². The van der Waals surface area contributed by atoms with E-state index in [1.54, 1.807) is 0 Å². The van der Waals surface area contributed by atoms with Crippen LogP contribution in [0.15, 0.2) is 170 Å².